The molecule has 0 aliphatic heterocycles. The highest BCUT2D eigenvalue weighted by atomic mass is 79.9. The molecule has 0 radical (unpaired) electrons. The first-order valence-corrected chi connectivity index (χ1v) is 8.48. The first kappa shape index (κ1) is 16.2. The Morgan fingerprint density at radius 3 is 2.76 bits per heavy atom. The van der Waals surface area contributed by atoms with Crippen molar-refractivity contribution in [2.24, 2.45) is 0 Å². The second-order valence-corrected chi connectivity index (χ2v) is 7.37. The van der Waals surface area contributed by atoms with Crippen molar-refractivity contribution in [3.8, 4) is 0 Å². The fourth-order valence-electron chi connectivity index (χ4n) is 1.83. The molecule has 0 amide bonds. The SMILES string of the molecule is CN(C)C(CNS(=O)(=O)c1cncc(Br)c1)c1ccco1. The summed E-state index contributed by atoms with van der Waals surface area (Å²) in [6, 6.07) is 4.92. The maximum atomic E-state index is 12.3. The average molecular weight is 374 g/mol. The van der Waals surface area contributed by atoms with Gasteiger partial charge in [-0.3, -0.25) is 9.88 Å². The normalized spacial score (nSPS) is 13.5. The Morgan fingerprint density at radius 2 is 2.19 bits per heavy atom. The van der Waals surface area contributed by atoms with Gasteiger partial charge in [-0.15, -0.1) is 0 Å². The molecule has 2 rings (SSSR count). The molecule has 0 bridgehead atoms. The Bertz CT molecular complexity index is 686. The van der Waals surface area contributed by atoms with Gasteiger partial charge in [0.15, 0.2) is 0 Å². The molecule has 0 aromatic carbocycles. The number of aromatic nitrogens is 1. The highest BCUT2D eigenvalue weighted by Crippen LogP contribution is 2.19. The van der Waals surface area contributed by atoms with Crippen LogP contribution < -0.4 is 4.72 Å². The molecule has 0 aliphatic carbocycles. The quantitative estimate of drug-likeness (QED) is 0.837. The fraction of sp³-hybridized carbons (Fsp3) is 0.308. The van der Waals surface area contributed by atoms with Crippen LogP contribution in [0.1, 0.15) is 11.8 Å². The lowest BCUT2D eigenvalue weighted by atomic mass is 10.2. The van der Waals surface area contributed by atoms with E-state index >= 15 is 0 Å². The minimum absolute atomic E-state index is 0.119. The van der Waals surface area contributed by atoms with Gasteiger partial charge >= 0.3 is 0 Å². The van der Waals surface area contributed by atoms with Crippen LogP contribution in [-0.2, 0) is 10.0 Å². The molecule has 0 saturated heterocycles. The van der Waals surface area contributed by atoms with Crippen molar-refractivity contribution in [2.45, 2.75) is 10.9 Å². The zero-order chi connectivity index (χ0) is 15.5. The van der Waals surface area contributed by atoms with Crippen molar-refractivity contribution in [1.82, 2.24) is 14.6 Å². The molecule has 114 valence electrons. The van der Waals surface area contributed by atoms with E-state index in [1.54, 1.807) is 12.3 Å². The van der Waals surface area contributed by atoms with E-state index < -0.39 is 10.0 Å². The zero-order valence-corrected chi connectivity index (χ0v) is 14.1. The molecule has 1 unspecified atom stereocenters. The molecule has 0 spiro atoms. The van der Waals surface area contributed by atoms with Gasteiger partial charge in [-0.25, -0.2) is 13.1 Å². The third-order valence-corrected chi connectivity index (χ3v) is 4.78. The van der Waals surface area contributed by atoms with E-state index in [1.807, 2.05) is 25.1 Å². The van der Waals surface area contributed by atoms with Gasteiger partial charge in [-0.2, -0.15) is 0 Å². The van der Waals surface area contributed by atoms with Crippen molar-refractivity contribution in [2.75, 3.05) is 20.6 Å². The van der Waals surface area contributed by atoms with Crippen LogP contribution in [0.3, 0.4) is 0 Å². The summed E-state index contributed by atoms with van der Waals surface area (Å²) in [6.07, 6.45) is 4.41. The predicted octanol–water partition coefficient (Wildman–Crippen LogP) is 2.02. The maximum absolute atomic E-state index is 12.3. The Kier molecular flexibility index (Phi) is 5.15. The molecule has 1 atom stereocenters. The monoisotopic (exact) mass is 373 g/mol. The number of sulfonamides is 1. The van der Waals surface area contributed by atoms with E-state index in [2.05, 4.69) is 25.6 Å². The summed E-state index contributed by atoms with van der Waals surface area (Å²) in [5.74, 6) is 0.704. The third-order valence-electron chi connectivity index (χ3n) is 2.95. The summed E-state index contributed by atoms with van der Waals surface area (Å²) < 4.78 is 33.1. The van der Waals surface area contributed by atoms with Crippen LogP contribution in [0.5, 0.6) is 0 Å². The molecule has 0 saturated carbocycles. The molecule has 8 heteroatoms. The molecule has 0 aliphatic rings. The topological polar surface area (TPSA) is 75.4 Å². The van der Waals surface area contributed by atoms with Crippen LogP contribution in [0.4, 0.5) is 0 Å². The molecule has 21 heavy (non-hydrogen) atoms. The number of hydrogen-bond donors (Lipinski definition) is 1. The first-order chi connectivity index (χ1) is 9.90. The summed E-state index contributed by atoms with van der Waals surface area (Å²) >= 11 is 3.21. The minimum atomic E-state index is -3.61. The number of likely N-dealkylation sites (N-methyl/N-ethyl adjacent to an activating group) is 1. The molecule has 2 heterocycles. The lowest BCUT2D eigenvalue weighted by molar-refractivity contribution is 0.259. The van der Waals surface area contributed by atoms with Crippen molar-refractivity contribution < 1.29 is 12.8 Å². The smallest absolute Gasteiger partial charge is 0.242 e. The molecule has 6 nitrogen and oxygen atoms in total. The van der Waals surface area contributed by atoms with Crippen molar-refractivity contribution in [3.05, 3.63) is 47.1 Å². The van der Waals surface area contributed by atoms with Crippen molar-refractivity contribution in [3.63, 3.8) is 0 Å². The Morgan fingerprint density at radius 1 is 1.43 bits per heavy atom. The third kappa shape index (κ3) is 4.13. The highest BCUT2D eigenvalue weighted by Gasteiger charge is 2.21. The number of hydrogen-bond acceptors (Lipinski definition) is 5. The van der Waals surface area contributed by atoms with E-state index in [4.69, 9.17) is 4.42 Å². The average Bonchev–Trinajstić information content (AvgIpc) is 2.92. The fourth-order valence-corrected chi connectivity index (χ4v) is 3.37. The van der Waals surface area contributed by atoms with Crippen molar-refractivity contribution in [1.29, 1.82) is 0 Å². The molecule has 2 aromatic rings. The molecule has 0 fully saturated rings. The summed E-state index contributed by atoms with van der Waals surface area (Å²) in [5, 5.41) is 0. The second-order valence-electron chi connectivity index (χ2n) is 4.69. The highest BCUT2D eigenvalue weighted by molar-refractivity contribution is 9.10. The lowest BCUT2D eigenvalue weighted by Crippen LogP contribution is -2.34. The lowest BCUT2D eigenvalue weighted by Gasteiger charge is -2.22. The number of nitrogens with zero attached hydrogens (tertiary/aromatic N) is 2. The van der Waals surface area contributed by atoms with Gasteiger partial charge in [-0.05, 0) is 48.2 Å². The second kappa shape index (κ2) is 6.69. The van der Waals surface area contributed by atoms with Gasteiger partial charge in [0.05, 0.1) is 12.3 Å². The standard InChI is InChI=1S/C13H16BrN3O3S/c1-17(2)12(13-4-3-5-20-13)9-16-21(18,19)11-6-10(14)7-15-8-11/h3-8,12,16H,9H2,1-2H3. The van der Waals surface area contributed by atoms with Gasteiger partial charge in [0.1, 0.15) is 10.7 Å². The van der Waals surface area contributed by atoms with Crippen molar-refractivity contribution >= 4 is 26.0 Å². The Balaban J connectivity index is 2.13. The van der Waals surface area contributed by atoms with Gasteiger partial charge in [0.2, 0.25) is 10.0 Å². The van der Waals surface area contributed by atoms with Crippen LogP contribution >= 0.6 is 15.9 Å². The molecule has 1 N–H and O–H groups in total. The van der Waals surface area contributed by atoms with E-state index in [1.165, 1.54) is 18.5 Å². The van der Waals surface area contributed by atoms with Crippen LogP contribution in [-0.4, -0.2) is 38.9 Å². The van der Waals surface area contributed by atoms with E-state index in [0.29, 0.717) is 10.2 Å². The summed E-state index contributed by atoms with van der Waals surface area (Å²) in [4.78, 5) is 5.88. The van der Waals surface area contributed by atoms with E-state index in [-0.39, 0.29) is 17.5 Å². The first-order valence-electron chi connectivity index (χ1n) is 6.20. The maximum Gasteiger partial charge on any atom is 0.242 e. The number of nitrogens with one attached hydrogen (secondary N) is 1. The predicted molar refractivity (Wildman–Crippen MR) is 82.3 cm³/mol. The van der Waals surface area contributed by atoms with Crippen LogP contribution in [0.2, 0.25) is 0 Å². The number of furan rings is 1. The van der Waals surface area contributed by atoms with Gasteiger partial charge < -0.3 is 4.42 Å². The summed E-state index contributed by atoms with van der Waals surface area (Å²) in [7, 11) is 0.113. The van der Waals surface area contributed by atoms with Gasteiger partial charge in [0, 0.05) is 23.4 Å². The minimum Gasteiger partial charge on any atom is -0.468 e. The van der Waals surface area contributed by atoms with Crippen LogP contribution in [0.15, 0.2) is 50.6 Å². The molecular formula is C13H16BrN3O3S. The molecule has 2 aromatic heterocycles. The Hall–Kier alpha value is -1.22. The van der Waals surface area contributed by atoms with Gasteiger partial charge in [-0.1, -0.05) is 0 Å². The Labute approximate surface area is 132 Å². The van der Waals surface area contributed by atoms with Crippen LogP contribution in [0, 0.1) is 0 Å². The van der Waals surface area contributed by atoms with E-state index in [9.17, 15) is 8.42 Å². The van der Waals surface area contributed by atoms with E-state index in [0.717, 1.165) is 0 Å². The summed E-state index contributed by atoms with van der Waals surface area (Å²) in [6.45, 7) is 0.204. The molecular weight excluding hydrogens is 358 g/mol. The summed E-state index contributed by atoms with van der Waals surface area (Å²) in [5.41, 5.74) is 0. The largest absolute Gasteiger partial charge is 0.468 e. The number of pyridine rings is 1. The zero-order valence-electron chi connectivity index (χ0n) is 11.7. The van der Waals surface area contributed by atoms with Gasteiger partial charge in [0.25, 0.3) is 0 Å². The number of rotatable bonds is 6. The number of halogens is 1. The van der Waals surface area contributed by atoms with Crippen LogP contribution in [0.25, 0.3) is 0 Å².